The molecule has 0 saturated carbocycles. The van der Waals surface area contributed by atoms with E-state index in [4.69, 9.17) is 5.73 Å². The first-order valence-electron chi connectivity index (χ1n) is 5.41. The van der Waals surface area contributed by atoms with Crippen molar-refractivity contribution in [2.75, 3.05) is 11.9 Å². The van der Waals surface area contributed by atoms with Crippen LogP contribution in [0.15, 0.2) is 29.6 Å². The lowest BCUT2D eigenvalue weighted by atomic mass is 10.2. The average Bonchev–Trinajstić information content (AvgIpc) is 2.77. The molecule has 2 rings (SSSR count). The third kappa shape index (κ3) is 2.91. The number of aromatic nitrogens is 1. The highest BCUT2D eigenvalue weighted by atomic mass is 32.1. The van der Waals surface area contributed by atoms with Gasteiger partial charge < -0.3 is 5.73 Å². The number of nitrogens with one attached hydrogen (secondary N) is 1. The quantitative estimate of drug-likeness (QED) is 0.888. The van der Waals surface area contributed by atoms with Gasteiger partial charge in [-0.3, -0.25) is 10.1 Å². The number of anilines is 1. The number of rotatable bonds is 4. The summed E-state index contributed by atoms with van der Waals surface area (Å²) < 4.78 is 13.4. The Morgan fingerprint density at radius 3 is 2.94 bits per heavy atom. The topological polar surface area (TPSA) is 68.0 Å². The number of halogens is 1. The van der Waals surface area contributed by atoms with Crippen LogP contribution < -0.4 is 11.1 Å². The number of nitrogens with two attached hydrogens (primary N) is 1. The van der Waals surface area contributed by atoms with Gasteiger partial charge in [-0.25, -0.2) is 9.37 Å². The maximum atomic E-state index is 13.4. The van der Waals surface area contributed by atoms with Crippen LogP contribution in [0, 0.1) is 5.82 Å². The third-order valence-electron chi connectivity index (χ3n) is 2.29. The first-order valence-corrected chi connectivity index (χ1v) is 6.29. The van der Waals surface area contributed by atoms with E-state index in [1.807, 2.05) is 5.38 Å². The van der Waals surface area contributed by atoms with Crippen molar-refractivity contribution in [3.63, 3.8) is 0 Å². The molecule has 1 heterocycles. The number of amides is 1. The van der Waals surface area contributed by atoms with Crippen molar-refractivity contribution in [3.05, 3.63) is 46.7 Å². The van der Waals surface area contributed by atoms with Crippen LogP contribution >= 0.6 is 11.3 Å². The van der Waals surface area contributed by atoms with Crippen molar-refractivity contribution >= 4 is 22.4 Å². The first kappa shape index (κ1) is 12.7. The zero-order valence-electron chi connectivity index (χ0n) is 9.52. The van der Waals surface area contributed by atoms with Crippen LogP contribution in [0.2, 0.25) is 0 Å². The Morgan fingerprint density at radius 1 is 1.44 bits per heavy atom. The van der Waals surface area contributed by atoms with Gasteiger partial charge in [0.25, 0.3) is 5.91 Å². The lowest BCUT2D eigenvalue weighted by molar-refractivity contribution is 0.102. The highest BCUT2D eigenvalue weighted by molar-refractivity contribution is 7.13. The minimum atomic E-state index is -0.547. The van der Waals surface area contributed by atoms with E-state index in [9.17, 15) is 9.18 Å². The Labute approximate surface area is 108 Å². The second-order valence-electron chi connectivity index (χ2n) is 3.62. The van der Waals surface area contributed by atoms with Gasteiger partial charge in [-0.05, 0) is 18.7 Å². The van der Waals surface area contributed by atoms with Crippen LogP contribution in [0.1, 0.15) is 16.1 Å². The fourth-order valence-corrected chi connectivity index (χ4v) is 2.18. The number of thiazole rings is 1. The van der Waals surface area contributed by atoms with E-state index in [0.29, 0.717) is 18.1 Å². The lowest BCUT2D eigenvalue weighted by Crippen LogP contribution is -2.13. The largest absolute Gasteiger partial charge is 0.330 e. The molecule has 0 atom stereocenters. The smallest absolute Gasteiger partial charge is 0.260 e. The standard InChI is InChI=1S/C12H12FN3OS/c13-10-4-2-1-3-9(10)11(17)16-12-15-8(5-6-14)7-18-12/h1-4,7H,5-6,14H2,(H,15,16,17). The maximum Gasteiger partial charge on any atom is 0.260 e. The fraction of sp³-hybridized carbons (Fsp3) is 0.167. The van der Waals surface area contributed by atoms with Crippen molar-refractivity contribution in [2.45, 2.75) is 6.42 Å². The number of hydrogen-bond acceptors (Lipinski definition) is 4. The molecule has 0 saturated heterocycles. The molecule has 18 heavy (non-hydrogen) atoms. The van der Waals surface area contributed by atoms with Crippen LogP contribution in [0.25, 0.3) is 0 Å². The molecule has 2 aromatic rings. The summed E-state index contributed by atoms with van der Waals surface area (Å²) in [6.45, 7) is 0.504. The van der Waals surface area contributed by atoms with Crippen LogP contribution in [-0.2, 0) is 6.42 Å². The van der Waals surface area contributed by atoms with E-state index in [2.05, 4.69) is 10.3 Å². The van der Waals surface area contributed by atoms with E-state index in [0.717, 1.165) is 5.69 Å². The second-order valence-corrected chi connectivity index (χ2v) is 4.47. The Bertz CT molecular complexity index is 556. The van der Waals surface area contributed by atoms with Crippen molar-refractivity contribution < 1.29 is 9.18 Å². The Morgan fingerprint density at radius 2 is 2.22 bits per heavy atom. The van der Waals surface area contributed by atoms with Gasteiger partial charge >= 0.3 is 0 Å². The van der Waals surface area contributed by atoms with Crippen molar-refractivity contribution in [3.8, 4) is 0 Å². The summed E-state index contributed by atoms with van der Waals surface area (Å²) in [5, 5.41) is 4.84. The van der Waals surface area contributed by atoms with Gasteiger partial charge in [0.05, 0.1) is 11.3 Å². The van der Waals surface area contributed by atoms with Crippen LogP contribution in [0.4, 0.5) is 9.52 Å². The molecule has 0 radical (unpaired) electrons. The van der Waals surface area contributed by atoms with Gasteiger partial charge in [0, 0.05) is 11.8 Å². The molecule has 94 valence electrons. The van der Waals surface area contributed by atoms with Crippen molar-refractivity contribution in [2.24, 2.45) is 5.73 Å². The van der Waals surface area contributed by atoms with Gasteiger partial charge in [-0.1, -0.05) is 12.1 Å². The van der Waals surface area contributed by atoms with Gasteiger partial charge in [0.2, 0.25) is 0 Å². The summed E-state index contributed by atoms with van der Waals surface area (Å²) >= 11 is 1.30. The van der Waals surface area contributed by atoms with Gasteiger partial charge in [0.15, 0.2) is 5.13 Å². The number of nitrogens with zero attached hydrogens (tertiary/aromatic N) is 1. The Hall–Kier alpha value is -1.79. The molecule has 6 heteroatoms. The van der Waals surface area contributed by atoms with Gasteiger partial charge in [-0.15, -0.1) is 11.3 Å². The SMILES string of the molecule is NCCc1csc(NC(=O)c2ccccc2F)n1. The molecule has 0 aliphatic rings. The fourth-order valence-electron chi connectivity index (χ4n) is 1.44. The monoisotopic (exact) mass is 265 g/mol. The molecule has 3 N–H and O–H groups in total. The van der Waals surface area contributed by atoms with E-state index < -0.39 is 11.7 Å². The summed E-state index contributed by atoms with van der Waals surface area (Å²) in [5.74, 6) is -1.05. The summed E-state index contributed by atoms with van der Waals surface area (Å²) in [4.78, 5) is 16.0. The van der Waals surface area contributed by atoms with Crippen molar-refractivity contribution in [1.29, 1.82) is 0 Å². The molecule has 0 aliphatic carbocycles. The van der Waals surface area contributed by atoms with E-state index in [-0.39, 0.29) is 5.56 Å². The van der Waals surface area contributed by atoms with Gasteiger partial charge in [0.1, 0.15) is 5.82 Å². The highest BCUT2D eigenvalue weighted by Crippen LogP contribution is 2.17. The Balaban J connectivity index is 2.09. The number of carbonyl (C=O) groups excluding carboxylic acids is 1. The minimum absolute atomic E-state index is 0.00748. The third-order valence-corrected chi connectivity index (χ3v) is 3.10. The van der Waals surface area contributed by atoms with Crippen molar-refractivity contribution in [1.82, 2.24) is 4.98 Å². The predicted molar refractivity (Wildman–Crippen MR) is 69.2 cm³/mol. The summed E-state index contributed by atoms with van der Waals surface area (Å²) in [5.41, 5.74) is 6.24. The molecule has 0 aliphatic heterocycles. The molecule has 1 aromatic carbocycles. The molecule has 1 amide bonds. The maximum absolute atomic E-state index is 13.4. The van der Waals surface area contributed by atoms with Gasteiger partial charge in [-0.2, -0.15) is 0 Å². The summed E-state index contributed by atoms with van der Waals surface area (Å²) in [6.07, 6.45) is 0.659. The molecule has 0 unspecified atom stereocenters. The first-order chi connectivity index (χ1) is 8.70. The molecule has 4 nitrogen and oxygen atoms in total. The van der Waals surface area contributed by atoms with E-state index in [1.54, 1.807) is 6.07 Å². The second kappa shape index (κ2) is 5.70. The minimum Gasteiger partial charge on any atom is -0.330 e. The Kier molecular flexibility index (Phi) is 4.01. The molecule has 0 bridgehead atoms. The predicted octanol–water partition coefficient (Wildman–Crippen LogP) is 2.04. The van der Waals surface area contributed by atoms with Crippen LogP contribution in [0.3, 0.4) is 0 Å². The molecule has 0 spiro atoms. The van der Waals surface area contributed by atoms with Crippen LogP contribution in [0.5, 0.6) is 0 Å². The lowest BCUT2D eigenvalue weighted by Gasteiger charge is -2.02. The highest BCUT2D eigenvalue weighted by Gasteiger charge is 2.12. The molecular weight excluding hydrogens is 253 g/mol. The molecule has 1 aromatic heterocycles. The van der Waals surface area contributed by atoms with E-state index >= 15 is 0 Å². The summed E-state index contributed by atoms with van der Waals surface area (Å²) in [6, 6.07) is 5.82. The summed E-state index contributed by atoms with van der Waals surface area (Å²) in [7, 11) is 0. The zero-order chi connectivity index (χ0) is 13.0. The van der Waals surface area contributed by atoms with Crippen LogP contribution in [-0.4, -0.2) is 17.4 Å². The zero-order valence-corrected chi connectivity index (χ0v) is 10.3. The number of hydrogen-bond donors (Lipinski definition) is 2. The number of carbonyl (C=O) groups is 1. The molecular formula is C12H12FN3OS. The average molecular weight is 265 g/mol. The van der Waals surface area contributed by atoms with E-state index in [1.165, 1.54) is 29.5 Å². The normalized spacial score (nSPS) is 10.3. The molecule has 0 fully saturated rings. The number of benzene rings is 1.